The molecular weight excluding hydrogens is 296 g/mol. The normalized spacial score (nSPS) is 18.1. The summed E-state index contributed by atoms with van der Waals surface area (Å²) >= 11 is 0. The van der Waals surface area contributed by atoms with Crippen molar-refractivity contribution >= 4 is 10.8 Å². The molecule has 3 rings (SSSR count). The highest BCUT2D eigenvalue weighted by Gasteiger charge is 2.08. The molecule has 0 bridgehead atoms. The zero-order chi connectivity index (χ0) is 15.7. The van der Waals surface area contributed by atoms with Crippen LogP contribution in [-0.2, 0) is 14.2 Å². The van der Waals surface area contributed by atoms with Crippen molar-refractivity contribution < 1.29 is 23.7 Å². The molecule has 0 unspecified atom stereocenters. The molecule has 0 radical (unpaired) electrons. The van der Waals surface area contributed by atoms with Crippen LogP contribution in [0.25, 0.3) is 10.8 Å². The van der Waals surface area contributed by atoms with Crippen LogP contribution in [0.5, 0.6) is 11.5 Å². The molecule has 1 heterocycles. The lowest BCUT2D eigenvalue weighted by atomic mass is 10.1. The Kier molecular flexibility index (Phi) is 6.09. The summed E-state index contributed by atoms with van der Waals surface area (Å²) in [6, 6.07) is 12.2. The minimum Gasteiger partial charge on any atom is -0.487 e. The minimum atomic E-state index is 0.477. The highest BCUT2D eigenvalue weighted by Crippen LogP contribution is 2.32. The van der Waals surface area contributed by atoms with Crippen LogP contribution in [0.15, 0.2) is 36.4 Å². The van der Waals surface area contributed by atoms with Crippen LogP contribution in [0, 0.1) is 0 Å². The van der Waals surface area contributed by atoms with E-state index in [2.05, 4.69) is 12.1 Å². The Morgan fingerprint density at radius 1 is 0.522 bits per heavy atom. The monoisotopic (exact) mass is 318 g/mol. The standard InChI is InChI=1S/C18H22O5/c1-2-4-16-14-18-17(13-15(16)3-1)22-11-9-20-7-5-19-6-8-21-10-12-23-18/h1-4,13-14H,5-12H2. The van der Waals surface area contributed by atoms with Crippen molar-refractivity contribution in [1.29, 1.82) is 0 Å². The van der Waals surface area contributed by atoms with Crippen LogP contribution >= 0.6 is 0 Å². The van der Waals surface area contributed by atoms with Gasteiger partial charge in [0.2, 0.25) is 0 Å². The second-order valence-electron chi connectivity index (χ2n) is 5.18. The molecule has 23 heavy (non-hydrogen) atoms. The lowest BCUT2D eigenvalue weighted by molar-refractivity contribution is 0.00708. The summed E-state index contributed by atoms with van der Waals surface area (Å²) in [6.45, 7) is 4.26. The van der Waals surface area contributed by atoms with Gasteiger partial charge in [-0.05, 0) is 22.9 Å². The zero-order valence-electron chi connectivity index (χ0n) is 13.2. The van der Waals surface area contributed by atoms with E-state index in [0.29, 0.717) is 52.9 Å². The quantitative estimate of drug-likeness (QED) is 0.747. The van der Waals surface area contributed by atoms with E-state index in [-0.39, 0.29) is 0 Å². The van der Waals surface area contributed by atoms with E-state index < -0.39 is 0 Å². The highest BCUT2D eigenvalue weighted by molar-refractivity contribution is 5.86. The van der Waals surface area contributed by atoms with Crippen molar-refractivity contribution in [2.24, 2.45) is 0 Å². The maximum atomic E-state index is 5.84. The van der Waals surface area contributed by atoms with E-state index in [9.17, 15) is 0 Å². The van der Waals surface area contributed by atoms with Crippen molar-refractivity contribution in [3.63, 3.8) is 0 Å². The van der Waals surface area contributed by atoms with Crippen molar-refractivity contribution in [3.8, 4) is 11.5 Å². The lowest BCUT2D eigenvalue weighted by Gasteiger charge is -2.14. The molecule has 0 saturated carbocycles. The topological polar surface area (TPSA) is 46.2 Å². The van der Waals surface area contributed by atoms with Gasteiger partial charge < -0.3 is 23.7 Å². The van der Waals surface area contributed by atoms with Crippen molar-refractivity contribution in [2.75, 3.05) is 52.9 Å². The van der Waals surface area contributed by atoms with Crippen LogP contribution in [0.1, 0.15) is 0 Å². The number of ether oxygens (including phenoxy) is 5. The fraction of sp³-hybridized carbons (Fsp3) is 0.444. The highest BCUT2D eigenvalue weighted by atomic mass is 16.6. The fourth-order valence-electron chi connectivity index (χ4n) is 2.39. The lowest BCUT2D eigenvalue weighted by Crippen LogP contribution is -2.13. The van der Waals surface area contributed by atoms with Gasteiger partial charge in [0.05, 0.1) is 39.6 Å². The Morgan fingerprint density at radius 3 is 1.35 bits per heavy atom. The Morgan fingerprint density at radius 2 is 0.913 bits per heavy atom. The van der Waals surface area contributed by atoms with Crippen LogP contribution in [0.4, 0.5) is 0 Å². The fourth-order valence-corrected chi connectivity index (χ4v) is 2.39. The van der Waals surface area contributed by atoms with E-state index in [4.69, 9.17) is 23.7 Å². The molecule has 2 aromatic carbocycles. The molecule has 0 aliphatic carbocycles. The Balaban J connectivity index is 1.74. The first-order chi connectivity index (χ1) is 11.4. The van der Waals surface area contributed by atoms with E-state index in [1.807, 2.05) is 24.3 Å². The molecule has 1 aliphatic rings. The van der Waals surface area contributed by atoms with E-state index in [1.165, 1.54) is 0 Å². The number of fused-ring (bicyclic) bond motifs is 2. The van der Waals surface area contributed by atoms with Gasteiger partial charge in [0.15, 0.2) is 11.5 Å². The summed E-state index contributed by atoms with van der Waals surface area (Å²) in [5.74, 6) is 1.47. The molecule has 5 nitrogen and oxygen atoms in total. The summed E-state index contributed by atoms with van der Waals surface area (Å²) in [4.78, 5) is 0. The van der Waals surface area contributed by atoms with Crippen LogP contribution in [0.3, 0.4) is 0 Å². The Bertz CT molecular complexity index is 561. The largest absolute Gasteiger partial charge is 0.487 e. The molecule has 5 heteroatoms. The third-order valence-corrected chi connectivity index (χ3v) is 3.53. The maximum absolute atomic E-state index is 5.84. The molecule has 0 aromatic heterocycles. The van der Waals surface area contributed by atoms with Crippen molar-refractivity contribution in [2.45, 2.75) is 0 Å². The summed E-state index contributed by atoms with van der Waals surface area (Å²) in [7, 11) is 0. The third kappa shape index (κ3) is 4.82. The second-order valence-corrected chi connectivity index (χ2v) is 5.18. The molecule has 0 amide bonds. The van der Waals surface area contributed by atoms with Gasteiger partial charge in [-0.1, -0.05) is 24.3 Å². The number of rotatable bonds is 0. The van der Waals surface area contributed by atoms with Gasteiger partial charge in [0, 0.05) is 0 Å². The molecule has 2 aromatic rings. The molecule has 0 saturated heterocycles. The van der Waals surface area contributed by atoms with Crippen LogP contribution in [0.2, 0.25) is 0 Å². The zero-order valence-corrected chi connectivity index (χ0v) is 13.2. The van der Waals surface area contributed by atoms with E-state index in [0.717, 1.165) is 22.3 Å². The first-order valence-corrected chi connectivity index (χ1v) is 7.95. The average Bonchev–Trinajstić information content (AvgIpc) is 2.59. The third-order valence-electron chi connectivity index (χ3n) is 3.53. The van der Waals surface area contributed by atoms with Crippen molar-refractivity contribution in [1.82, 2.24) is 0 Å². The van der Waals surface area contributed by atoms with Gasteiger partial charge in [0.1, 0.15) is 13.2 Å². The average molecular weight is 318 g/mol. The van der Waals surface area contributed by atoms with E-state index in [1.54, 1.807) is 0 Å². The summed E-state index contributed by atoms with van der Waals surface area (Å²) in [5.41, 5.74) is 0. The Labute approximate surface area is 136 Å². The van der Waals surface area contributed by atoms with Gasteiger partial charge in [-0.2, -0.15) is 0 Å². The van der Waals surface area contributed by atoms with Crippen molar-refractivity contribution in [3.05, 3.63) is 36.4 Å². The van der Waals surface area contributed by atoms with Crippen LogP contribution in [-0.4, -0.2) is 52.9 Å². The summed E-state index contributed by atoms with van der Waals surface area (Å²) in [6.07, 6.45) is 0. The molecule has 0 N–H and O–H groups in total. The SMILES string of the molecule is c1ccc2cc3c(cc2c1)OCCOCCOCCOCCO3. The molecule has 0 atom stereocenters. The summed E-state index contributed by atoms with van der Waals surface area (Å²) < 4.78 is 28.0. The maximum Gasteiger partial charge on any atom is 0.161 e. The molecule has 124 valence electrons. The number of benzene rings is 2. The predicted octanol–water partition coefficient (Wildman–Crippen LogP) is 2.66. The number of hydrogen-bond acceptors (Lipinski definition) is 5. The van der Waals surface area contributed by atoms with Gasteiger partial charge in [-0.15, -0.1) is 0 Å². The first kappa shape index (κ1) is 16.1. The van der Waals surface area contributed by atoms with Gasteiger partial charge >= 0.3 is 0 Å². The second kappa shape index (κ2) is 8.72. The molecular formula is C18H22O5. The first-order valence-electron chi connectivity index (χ1n) is 7.95. The molecule has 0 spiro atoms. The van der Waals surface area contributed by atoms with E-state index >= 15 is 0 Å². The van der Waals surface area contributed by atoms with Gasteiger partial charge in [-0.3, -0.25) is 0 Å². The van der Waals surface area contributed by atoms with Crippen LogP contribution < -0.4 is 9.47 Å². The molecule has 0 fully saturated rings. The van der Waals surface area contributed by atoms with Gasteiger partial charge in [-0.25, -0.2) is 0 Å². The molecule has 1 aliphatic heterocycles. The van der Waals surface area contributed by atoms with Gasteiger partial charge in [0.25, 0.3) is 0 Å². The predicted molar refractivity (Wildman–Crippen MR) is 87.4 cm³/mol. The number of hydrogen-bond donors (Lipinski definition) is 0. The Hall–Kier alpha value is -1.82. The minimum absolute atomic E-state index is 0.477. The smallest absolute Gasteiger partial charge is 0.161 e. The summed E-state index contributed by atoms with van der Waals surface area (Å²) in [5, 5.41) is 2.25.